The maximum atomic E-state index is 12.2. The number of phenols is 1. The molecular formula is C21H32N2O2. The van der Waals surface area contributed by atoms with Gasteiger partial charge in [0, 0.05) is 12.6 Å². The fourth-order valence-electron chi connectivity index (χ4n) is 4.57. The predicted octanol–water partition coefficient (Wildman–Crippen LogP) is 3.87. The SMILES string of the molecule is Cc1ccc(O)c(C(=O)NCCCCN2CCC[C@@H]3CCCC[C@@H]32)c1. The van der Waals surface area contributed by atoms with Gasteiger partial charge < -0.3 is 15.3 Å². The molecular weight excluding hydrogens is 312 g/mol. The van der Waals surface area contributed by atoms with Crippen LogP contribution in [-0.2, 0) is 0 Å². The molecule has 1 aliphatic carbocycles. The second kappa shape index (κ2) is 8.70. The minimum atomic E-state index is -0.175. The van der Waals surface area contributed by atoms with E-state index in [0.717, 1.165) is 36.9 Å². The number of hydrogen-bond acceptors (Lipinski definition) is 3. The molecule has 0 aromatic heterocycles. The first-order valence-corrected chi connectivity index (χ1v) is 9.97. The van der Waals surface area contributed by atoms with Crippen LogP contribution in [-0.4, -0.2) is 41.6 Å². The Kier molecular flexibility index (Phi) is 6.35. The molecule has 0 bridgehead atoms. The number of rotatable bonds is 6. The first-order chi connectivity index (χ1) is 12.1. The van der Waals surface area contributed by atoms with Crippen LogP contribution in [0, 0.1) is 12.8 Å². The van der Waals surface area contributed by atoms with Gasteiger partial charge in [0.15, 0.2) is 0 Å². The highest BCUT2D eigenvalue weighted by molar-refractivity contribution is 5.96. The molecule has 1 aromatic rings. The number of carbonyl (C=O) groups excluding carboxylic acids is 1. The summed E-state index contributed by atoms with van der Waals surface area (Å²) in [6, 6.07) is 5.95. The first kappa shape index (κ1) is 18.2. The molecule has 2 N–H and O–H groups in total. The third-order valence-corrected chi connectivity index (χ3v) is 5.91. The number of nitrogens with one attached hydrogen (secondary N) is 1. The summed E-state index contributed by atoms with van der Waals surface area (Å²) in [7, 11) is 0. The summed E-state index contributed by atoms with van der Waals surface area (Å²) in [4.78, 5) is 14.9. The number of nitrogens with zero attached hydrogens (tertiary/aromatic N) is 1. The Morgan fingerprint density at radius 3 is 2.88 bits per heavy atom. The standard InChI is InChI=1S/C21H32N2O2/c1-16-10-11-20(24)18(15-16)21(25)22-12-4-5-13-23-14-6-8-17-7-2-3-9-19(17)23/h10-11,15,17,19,24H,2-9,12-14H2,1H3,(H,22,25)/t17-,19-/m0/s1. The minimum Gasteiger partial charge on any atom is -0.507 e. The van der Waals surface area contributed by atoms with E-state index in [1.165, 1.54) is 45.1 Å². The van der Waals surface area contributed by atoms with Crippen molar-refractivity contribution in [3.05, 3.63) is 29.3 Å². The van der Waals surface area contributed by atoms with Gasteiger partial charge in [-0.1, -0.05) is 24.5 Å². The number of fused-ring (bicyclic) bond motifs is 1. The summed E-state index contributed by atoms with van der Waals surface area (Å²) < 4.78 is 0. The van der Waals surface area contributed by atoms with E-state index >= 15 is 0 Å². The summed E-state index contributed by atoms with van der Waals surface area (Å²) >= 11 is 0. The number of aryl methyl sites for hydroxylation is 1. The molecule has 25 heavy (non-hydrogen) atoms. The van der Waals surface area contributed by atoms with Gasteiger partial charge in [-0.2, -0.15) is 0 Å². The second-order valence-electron chi connectivity index (χ2n) is 7.77. The van der Waals surface area contributed by atoms with E-state index in [1.54, 1.807) is 12.1 Å². The van der Waals surface area contributed by atoms with Gasteiger partial charge in [0.2, 0.25) is 0 Å². The summed E-state index contributed by atoms with van der Waals surface area (Å²) in [6.07, 6.45) is 10.5. The van der Waals surface area contributed by atoms with E-state index in [0.29, 0.717) is 12.1 Å². The number of carbonyl (C=O) groups is 1. The van der Waals surface area contributed by atoms with Crippen LogP contribution in [0.15, 0.2) is 18.2 Å². The van der Waals surface area contributed by atoms with Gasteiger partial charge in [0.1, 0.15) is 5.75 Å². The van der Waals surface area contributed by atoms with Crippen molar-refractivity contribution in [3.63, 3.8) is 0 Å². The molecule has 4 heteroatoms. The average molecular weight is 344 g/mol. The Morgan fingerprint density at radius 1 is 1.20 bits per heavy atom. The van der Waals surface area contributed by atoms with Gasteiger partial charge in [-0.25, -0.2) is 0 Å². The van der Waals surface area contributed by atoms with Crippen molar-refractivity contribution in [2.75, 3.05) is 19.6 Å². The number of phenolic OH excluding ortho intramolecular Hbond substituents is 1. The first-order valence-electron chi connectivity index (χ1n) is 9.97. The van der Waals surface area contributed by atoms with Crippen LogP contribution in [0.5, 0.6) is 5.75 Å². The van der Waals surface area contributed by atoms with Crippen LogP contribution in [0.25, 0.3) is 0 Å². The number of benzene rings is 1. The van der Waals surface area contributed by atoms with Crippen LogP contribution in [0.4, 0.5) is 0 Å². The largest absolute Gasteiger partial charge is 0.507 e. The van der Waals surface area contributed by atoms with Crippen LogP contribution >= 0.6 is 0 Å². The zero-order valence-corrected chi connectivity index (χ0v) is 15.5. The lowest BCUT2D eigenvalue weighted by atomic mass is 9.78. The minimum absolute atomic E-state index is 0.0553. The number of aromatic hydroxyl groups is 1. The Bertz CT molecular complexity index is 585. The van der Waals surface area contributed by atoms with Crippen LogP contribution in [0.3, 0.4) is 0 Å². The van der Waals surface area contributed by atoms with Gasteiger partial charge >= 0.3 is 0 Å². The number of hydrogen-bond donors (Lipinski definition) is 2. The van der Waals surface area contributed by atoms with Gasteiger partial charge in [-0.05, 0) is 76.6 Å². The van der Waals surface area contributed by atoms with E-state index < -0.39 is 0 Å². The van der Waals surface area contributed by atoms with E-state index in [9.17, 15) is 9.90 Å². The van der Waals surface area contributed by atoms with Crippen molar-refractivity contribution in [2.45, 2.75) is 64.3 Å². The molecule has 4 nitrogen and oxygen atoms in total. The molecule has 1 saturated heterocycles. The lowest BCUT2D eigenvalue weighted by molar-refractivity contribution is 0.0596. The maximum absolute atomic E-state index is 12.2. The second-order valence-corrected chi connectivity index (χ2v) is 7.77. The molecule has 2 fully saturated rings. The molecule has 0 unspecified atom stereocenters. The maximum Gasteiger partial charge on any atom is 0.255 e. The van der Waals surface area contributed by atoms with E-state index in [2.05, 4.69) is 10.2 Å². The highest BCUT2D eigenvalue weighted by Crippen LogP contribution is 2.35. The fraction of sp³-hybridized carbons (Fsp3) is 0.667. The average Bonchev–Trinajstić information content (AvgIpc) is 2.63. The number of unbranched alkanes of at least 4 members (excludes halogenated alkanes) is 1. The van der Waals surface area contributed by atoms with Crippen molar-refractivity contribution >= 4 is 5.91 Å². The third-order valence-electron chi connectivity index (χ3n) is 5.91. The topological polar surface area (TPSA) is 52.6 Å². The quantitative estimate of drug-likeness (QED) is 0.770. The Labute approximate surface area is 151 Å². The molecule has 138 valence electrons. The molecule has 1 heterocycles. The predicted molar refractivity (Wildman–Crippen MR) is 101 cm³/mol. The lowest BCUT2D eigenvalue weighted by Gasteiger charge is -2.44. The number of piperidine rings is 1. The van der Waals surface area contributed by atoms with Gasteiger partial charge in [0.05, 0.1) is 5.56 Å². The van der Waals surface area contributed by atoms with Crippen LogP contribution in [0.2, 0.25) is 0 Å². The Balaban J connectivity index is 1.38. The monoisotopic (exact) mass is 344 g/mol. The lowest BCUT2D eigenvalue weighted by Crippen LogP contribution is -2.47. The molecule has 2 atom stereocenters. The smallest absolute Gasteiger partial charge is 0.255 e. The van der Waals surface area contributed by atoms with E-state index in [4.69, 9.17) is 0 Å². The van der Waals surface area contributed by atoms with Crippen molar-refractivity contribution in [3.8, 4) is 5.75 Å². The van der Waals surface area contributed by atoms with Crippen LogP contribution < -0.4 is 5.32 Å². The molecule has 0 spiro atoms. The third kappa shape index (κ3) is 4.75. The van der Waals surface area contributed by atoms with E-state index in [1.807, 2.05) is 13.0 Å². The van der Waals surface area contributed by atoms with E-state index in [-0.39, 0.29) is 11.7 Å². The van der Waals surface area contributed by atoms with Crippen LogP contribution in [0.1, 0.15) is 67.3 Å². The molecule has 0 radical (unpaired) electrons. The zero-order chi connectivity index (χ0) is 17.6. The summed E-state index contributed by atoms with van der Waals surface area (Å²) in [5.74, 6) is 0.817. The van der Waals surface area contributed by atoms with Gasteiger partial charge in [-0.15, -0.1) is 0 Å². The van der Waals surface area contributed by atoms with Crippen molar-refractivity contribution in [2.24, 2.45) is 5.92 Å². The molecule has 1 aliphatic heterocycles. The molecule has 2 aliphatic rings. The summed E-state index contributed by atoms with van der Waals surface area (Å²) in [6.45, 7) is 5.01. The summed E-state index contributed by atoms with van der Waals surface area (Å²) in [5, 5.41) is 12.8. The molecule has 3 rings (SSSR count). The highest BCUT2D eigenvalue weighted by atomic mass is 16.3. The van der Waals surface area contributed by atoms with Gasteiger partial charge in [0.25, 0.3) is 5.91 Å². The zero-order valence-electron chi connectivity index (χ0n) is 15.5. The Hall–Kier alpha value is -1.55. The van der Waals surface area contributed by atoms with Crippen molar-refractivity contribution < 1.29 is 9.90 Å². The fourth-order valence-corrected chi connectivity index (χ4v) is 4.57. The number of amides is 1. The molecule has 1 amide bonds. The highest BCUT2D eigenvalue weighted by Gasteiger charge is 2.32. The number of likely N-dealkylation sites (tertiary alicyclic amines) is 1. The summed E-state index contributed by atoms with van der Waals surface area (Å²) in [5.41, 5.74) is 1.36. The Morgan fingerprint density at radius 2 is 2.00 bits per heavy atom. The van der Waals surface area contributed by atoms with Crippen molar-refractivity contribution in [1.82, 2.24) is 10.2 Å². The van der Waals surface area contributed by atoms with Crippen molar-refractivity contribution in [1.29, 1.82) is 0 Å². The molecule has 1 saturated carbocycles. The molecule has 1 aromatic carbocycles. The normalized spacial score (nSPS) is 23.9. The van der Waals surface area contributed by atoms with Gasteiger partial charge in [-0.3, -0.25) is 4.79 Å².